The first-order valence-electron chi connectivity index (χ1n) is 6.53. The number of aromatic amines is 1. The number of rotatable bonds is 5. The molecule has 0 aliphatic carbocycles. The summed E-state index contributed by atoms with van der Waals surface area (Å²) in [5.74, 6) is -0.428. The largest absolute Gasteiger partial charge is 0.478 e. The maximum atomic E-state index is 11.8. The zero-order chi connectivity index (χ0) is 16.1. The smallest absolute Gasteiger partial charge is 0.335 e. The standard InChI is InChI=1S/C15H13N3O3S/c1-2-12-11(7-16)13(19)18-15(17-12)22-8-9-3-5-10(6-4-9)14(20)21/h3-6H,2,8H2,1H3,(H,20,21)(H,17,18,19). The van der Waals surface area contributed by atoms with E-state index in [-0.39, 0.29) is 11.1 Å². The highest BCUT2D eigenvalue weighted by Crippen LogP contribution is 2.19. The molecule has 2 aromatic rings. The van der Waals surface area contributed by atoms with Crippen LogP contribution < -0.4 is 5.56 Å². The number of carboxylic acid groups (broad SMARTS) is 1. The van der Waals surface area contributed by atoms with Crippen LogP contribution in [0, 0.1) is 11.3 Å². The molecule has 0 radical (unpaired) electrons. The number of aromatic carboxylic acids is 1. The Balaban J connectivity index is 2.15. The van der Waals surface area contributed by atoms with E-state index in [1.807, 2.05) is 13.0 Å². The molecule has 0 aliphatic heterocycles. The number of hydrogen-bond acceptors (Lipinski definition) is 5. The zero-order valence-corrected chi connectivity index (χ0v) is 12.6. The number of carbonyl (C=O) groups is 1. The summed E-state index contributed by atoms with van der Waals surface area (Å²) in [5, 5.41) is 18.2. The number of hydrogen-bond donors (Lipinski definition) is 2. The van der Waals surface area contributed by atoms with Crippen LogP contribution in [0.25, 0.3) is 0 Å². The van der Waals surface area contributed by atoms with Crippen molar-refractivity contribution in [2.24, 2.45) is 0 Å². The Morgan fingerprint density at radius 3 is 2.64 bits per heavy atom. The minimum atomic E-state index is -0.968. The molecule has 22 heavy (non-hydrogen) atoms. The lowest BCUT2D eigenvalue weighted by Crippen LogP contribution is -2.16. The number of nitrogens with one attached hydrogen (secondary N) is 1. The van der Waals surface area contributed by atoms with Gasteiger partial charge in [-0.15, -0.1) is 0 Å². The molecule has 0 fully saturated rings. The number of thioether (sulfide) groups is 1. The molecule has 1 aromatic heterocycles. The molecule has 0 aliphatic rings. The van der Waals surface area contributed by atoms with E-state index in [0.717, 1.165) is 5.56 Å². The van der Waals surface area contributed by atoms with Crippen LogP contribution in [0.3, 0.4) is 0 Å². The van der Waals surface area contributed by atoms with Gasteiger partial charge in [0.25, 0.3) is 5.56 Å². The second-order valence-electron chi connectivity index (χ2n) is 4.45. The lowest BCUT2D eigenvalue weighted by atomic mass is 10.1. The topological polar surface area (TPSA) is 107 Å². The van der Waals surface area contributed by atoms with Crippen LogP contribution in [0.1, 0.15) is 34.1 Å². The molecular weight excluding hydrogens is 302 g/mol. The van der Waals surface area contributed by atoms with E-state index in [1.54, 1.807) is 12.1 Å². The number of benzene rings is 1. The Kier molecular flexibility index (Phi) is 4.96. The van der Waals surface area contributed by atoms with Gasteiger partial charge in [-0.2, -0.15) is 5.26 Å². The van der Waals surface area contributed by atoms with Crippen molar-refractivity contribution in [1.29, 1.82) is 5.26 Å². The monoisotopic (exact) mass is 315 g/mol. The summed E-state index contributed by atoms with van der Waals surface area (Å²) < 4.78 is 0. The lowest BCUT2D eigenvalue weighted by Gasteiger charge is -2.05. The summed E-state index contributed by atoms with van der Waals surface area (Å²) in [4.78, 5) is 29.4. The van der Waals surface area contributed by atoms with Crippen molar-refractivity contribution >= 4 is 17.7 Å². The number of nitrogens with zero attached hydrogens (tertiary/aromatic N) is 2. The van der Waals surface area contributed by atoms with Crippen LogP contribution in [0.4, 0.5) is 0 Å². The second-order valence-corrected chi connectivity index (χ2v) is 5.41. The highest BCUT2D eigenvalue weighted by Gasteiger charge is 2.10. The van der Waals surface area contributed by atoms with Gasteiger partial charge in [0, 0.05) is 5.75 Å². The number of carboxylic acids is 1. The van der Waals surface area contributed by atoms with Gasteiger partial charge in [0.2, 0.25) is 0 Å². The Labute approximate surface area is 130 Å². The van der Waals surface area contributed by atoms with Gasteiger partial charge in [0.15, 0.2) is 5.16 Å². The summed E-state index contributed by atoms with van der Waals surface area (Å²) in [5.41, 5.74) is 1.25. The number of H-pyrrole nitrogens is 1. The highest BCUT2D eigenvalue weighted by atomic mass is 32.2. The molecule has 6 nitrogen and oxygen atoms in total. The first-order chi connectivity index (χ1) is 10.5. The summed E-state index contributed by atoms with van der Waals surface area (Å²) in [7, 11) is 0. The van der Waals surface area contributed by atoms with Crippen molar-refractivity contribution < 1.29 is 9.90 Å². The van der Waals surface area contributed by atoms with E-state index in [9.17, 15) is 9.59 Å². The number of nitriles is 1. The van der Waals surface area contributed by atoms with E-state index in [1.165, 1.54) is 23.9 Å². The molecule has 0 saturated carbocycles. The summed E-state index contributed by atoms with van der Waals surface area (Å²) in [6.45, 7) is 1.84. The van der Waals surface area contributed by atoms with Crippen LogP contribution in [0.15, 0.2) is 34.2 Å². The van der Waals surface area contributed by atoms with Gasteiger partial charge >= 0.3 is 5.97 Å². The molecule has 2 rings (SSSR count). The first kappa shape index (κ1) is 15.8. The SMILES string of the molecule is CCc1nc(SCc2ccc(C(=O)O)cc2)[nH]c(=O)c1C#N. The van der Waals surface area contributed by atoms with Crippen molar-refractivity contribution in [2.45, 2.75) is 24.3 Å². The fraction of sp³-hybridized carbons (Fsp3) is 0.200. The molecule has 0 atom stereocenters. The predicted molar refractivity (Wildman–Crippen MR) is 81.9 cm³/mol. The third-order valence-electron chi connectivity index (χ3n) is 3.00. The molecule has 7 heteroatoms. The summed E-state index contributed by atoms with van der Waals surface area (Å²) in [6.07, 6.45) is 0.508. The van der Waals surface area contributed by atoms with E-state index in [0.29, 0.717) is 23.0 Å². The van der Waals surface area contributed by atoms with Crippen molar-refractivity contribution in [3.05, 3.63) is 57.0 Å². The number of aromatic nitrogens is 2. The lowest BCUT2D eigenvalue weighted by molar-refractivity contribution is 0.0697. The zero-order valence-electron chi connectivity index (χ0n) is 11.8. The average Bonchev–Trinajstić information content (AvgIpc) is 2.52. The van der Waals surface area contributed by atoms with Crippen LogP contribution in [0.5, 0.6) is 0 Å². The van der Waals surface area contributed by atoms with Gasteiger partial charge < -0.3 is 10.1 Å². The van der Waals surface area contributed by atoms with Gasteiger partial charge in [-0.25, -0.2) is 9.78 Å². The van der Waals surface area contributed by atoms with E-state index >= 15 is 0 Å². The average molecular weight is 315 g/mol. The molecule has 0 bridgehead atoms. The minimum Gasteiger partial charge on any atom is -0.478 e. The van der Waals surface area contributed by atoms with Crippen LogP contribution in [-0.2, 0) is 12.2 Å². The third kappa shape index (κ3) is 3.54. The Morgan fingerprint density at radius 1 is 1.41 bits per heavy atom. The first-order valence-corrected chi connectivity index (χ1v) is 7.52. The summed E-state index contributed by atoms with van der Waals surface area (Å²) in [6, 6.07) is 8.37. The highest BCUT2D eigenvalue weighted by molar-refractivity contribution is 7.98. The molecule has 1 heterocycles. The van der Waals surface area contributed by atoms with Crippen molar-refractivity contribution in [3.8, 4) is 6.07 Å². The maximum Gasteiger partial charge on any atom is 0.335 e. The van der Waals surface area contributed by atoms with E-state index < -0.39 is 11.5 Å². The fourth-order valence-electron chi connectivity index (χ4n) is 1.83. The van der Waals surface area contributed by atoms with Crippen molar-refractivity contribution in [2.75, 3.05) is 0 Å². The quantitative estimate of drug-likeness (QED) is 0.647. The molecule has 1 aromatic carbocycles. The predicted octanol–water partition coefficient (Wildman–Crippen LogP) is 2.19. The van der Waals surface area contributed by atoms with Crippen LogP contribution in [0.2, 0.25) is 0 Å². The van der Waals surface area contributed by atoms with Crippen molar-refractivity contribution in [1.82, 2.24) is 9.97 Å². The summed E-state index contributed by atoms with van der Waals surface area (Å²) >= 11 is 1.33. The maximum absolute atomic E-state index is 11.8. The molecular formula is C15H13N3O3S. The van der Waals surface area contributed by atoms with Gasteiger partial charge in [0.1, 0.15) is 11.6 Å². The molecule has 0 amide bonds. The second kappa shape index (κ2) is 6.91. The van der Waals surface area contributed by atoms with Gasteiger partial charge in [-0.05, 0) is 24.1 Å². The number of aryl methyl sites for hydroxylation is 1. The van der Waals surface area contributed by atoms with E-state index in [4.69, 9.17) is 10.4 Å². The molecule has 2 N–H and O–H groups in total. The Morgan fingerprint density at radius 2 is 2.09 bits per heavy atom. The molecule has 0 saturated heterocycles. The fourth-order valence-corrected chi connectivity index (χ4v) is 2.67. The van der Waals surface area contributed by atoms with Gasteiger partial charge in [0.05, 0.1) is 11.3 Å². The normalized spacial score (nSPS) is 10.2. The Bertz CT molecular complexity index is 791. The van der Waals surface area contributed by atoms with E-state index in [2.05, 4.69) is 9.97 Å². The Hall–Kier alpha value is -2.59. The van der Waals surface area contributed by atoms with Gasteiger partial charge in [-0.3, -0.25) is 4.79 Å². The molecule has 0 unspecified atom stereocenters. The third-order valence-corrected chi connectivity index (χ3v) is 3.94. The van der Waals surface area contributed by atoms with Gasteiger partial charge in [-0.1, -0.05) is 30.8 Å². The molecule has 112 valence electrons. The minimum absolute atomic E-state index is 0.0534. The van der Waals surface area contributed by atoms with Crippen LogP contribution in [-0.4, -0.2) is 21.0 Å². The van der Waals surface area contributed by atoms with Crippen molar-refractivity contribution in [3.63, 3.8) is 0 Å². The van der Waals surface area contributed by atoms with Crippen LogP contribution >= 0.6 is 11.8 Å². The molecule has 0 spiro atoms.